The Morgan fingerprint density at radius 1 is 1.53 bits per heavy atom. The molecule has 5 heteroatoms. The molecule has 1 aromatic heterocycles. The van der Waals surface area contributed by atoms with Gasteiger partial charge in [0.25, 0.3) is 5.91 Å². The van der Waals surface area contributed by atoms with Crippen LogP contribution in [0.4, 0.5) is 5.69 Å². The summed E-state index contributed by atoms with van der Waals surface area (Å²) >= 11 is 0. The van der Waals surface area contributed by atoms with Crippen LogP contribution in [0.1, 0.15) is 29.9 Å². The molecule has 2 heterocycles. The first-order valence-corrected chi connectivity index (χ1v) is 6.60. The molecular formula is C14H21N3O2. The highest BCUT2D eigenvalue weighted by Gasteiger charge is 2.29. The maximum absolute atomic E-state index is 12.6. The molecule has 1 amide bonds. The molecule has 2 atom stereocenters. The highest BCUT2D eigenvalue weighted by atomic mass is 16.5. The largest absolute Gasteiger partial charge is 0.387 e. The van der Waals surface area contributed by atoms with Crippen LogP contribution in [0.3, 0.4) is 0 Å². The van der Waals surface area contributed by atoms with Gasteiger partial charge < -0.3 is 15.0 Å². The Hall–Kier alpha value is -1.62. The standard InChI is InChI=1S/C14H21N3O2/c1-9-5-13(15-4)12(6-16-9)14(18)17-7-11(3)19-8-10(17)2/h5-6,10-11H,7-8H2,1-4H3,(H,15,16). The van der Waals surface area contributed by atoms with E-state index in [1.807, 2.05) is 38.8 Å². The number of aromatic nitrogens is 1. The molecular weight excluding hydrogens is 242 g/mol. The molecule has 0 spiro atoms. The van der Waals surface area contributed by atoms with Crippen LogP contribution < -0.4 is 5.32 Å². The third kappa shape index (κ3) is 2.87. The number of anilines is 1. The number of pyridine rings is 1. The molecule has 0 aliphatic carbocycles. The summed E-state index contributed by atoms with van der Waals surface area (Å²) in [5.41, 5.74) is 2.34. The Bertz CT molecular complexity index is 476. The SMILES string of the molecule is CNc1cc(C)ncc1C(=O)N1CC(C)OCC1C. The van der Waals surface area contributed by atoms with Crippen molar-refractivity contribution in [1.29, 1.82) is 0 Å². The minimum Gasteiger partial charge on any atom is -0.387 e. The Morgan fingerprint density at radius 2 is 2.26 bits per heavy atom. The second kappa shape index (κ2) is 5.57. The fraction of sp³-hybridized carbons (Fsp3) is 0.571. The van der Waals surface area contributed by atoms with E-state index in [1.54, 1.807) is 6.20 Å². The van der Waals surface area contributed by atoms with E-state index in [0.29, 0.717) is 18.7 Å². The quantitative estimate of drug-likeness (QED) is 0.882. The van der Waals surface area contributed by atoms with Crippen LogP contribution in [0.5, 0.6) is 0 Å². The fourth-order valence-corrected chi connectivity index (χ4v) is 2.28. The molecule has 1 aromatic rings. The summed E-state index contributed by atoms with van der Waals surface area (Å²) in [4.78, 5) is 18.7. The number of aryl methyl sites for hydroxylation is 1. The molecule has 1 saturated heterocycles. The van der Waals surface area contributed by atoms with Gasteiger partial charge in [-0.2, -0.15) is 0 Å². The van der Waals surface area contributed by atoms with E-state index >= 15 is 0 Å². The second-order valence-electron chi connectivity index (χ2n) is 5.07. The zero-order valence-electron chi connectivity index (χ0n) is 11.9. The average molecular weight is 263 g/mol. The summed E-state index contributed by atoms with van der Waals surface area (Å²) in [5.74, 6) is 0.0134. The summed E-state index contributed by atoms with van der Waals surface area (Å²) in [6.07, 6.45) is 1.73. The van der Waals surface area contributed by atoms with Gasteiger partial charge in [0.15, 0.2) is 0 Å². The zero-order chi connectivity index (χ0) is 14.0. The Morgan fingerprint density at radius 3 is 2.95 bits per heavy atom. The number of nitrogens with one attached hydrogen (secondary N) is 1. The van der Waals surface area contributed by atoms with Gasteiger partial charge in [-0.25, -0.2) is 0 Å². The smallest absolute Gasteiger partial charge is 0.257 e. The van der Waals surface area contributed by atoms with Gasteiger partial charge in [-0.3, -0.25) is 9.78 Å². The lowest BCUT2D eigenvalue weighted by molar-refractivity contribution is -0.0386. The number of hydrogen-bond donors (Lipinski definition) is 1. The number of hydrogen-bond acceptors (Lipinski definition) is 4. The molecule has 1 aliphatic heterocycles. The van der Waals surface area contributed by atoms with Crippen molar-refractivity contribution in [2.24, 2.45) is 0 Å². The minimum atomic E-state index is 0.0134. The van der Waals surface area contributed by atoms with Crippen molar-refractivity contribution in [3.63, 3.8) is 0 Å². The number of carbonyl (C=O) groups is 1. The van der Waals surface area contributed by atoms with E-state index in [-0.39, 0.29) is 18.1 Å². The Labute approximate surface area is 114 Å². The zero-order valence-corrected chi connectivity index (χ0v) is 11.9. The normalized spacial score (nSPS) is 23.3. The third-order valence-electron chi connectivity index (χ3n) is 3.41. The predicted octanol–water partition coefficient (Wildman–Crippen LogP) is 1.68. The molecule has 2 rings (SSSR count). The van der Waals surface area contributed by atoms with E-state index in [0.717, 1.165) is 11.4 Å². The van der Waals surface area contributed by atoms with Gasteiger partial charge in [0.2, 0.25) is 0 Å². The van der Waals surface area contributed by atoms with Crippen LogP contribution in [0.15, 0.2) is 12.3 Å². The van der Waals surface area contributed by atoms with Gasteiger partial charge >= 0.3 is 0 Å². The first-order chi connectivity index (χ1) is 9.02. The number of ether oxygens (including phenoxy) is 1. The van der Waals surface area contributed by atoms with Crippen molar-refractivity contribution in [1.82, 2.24) is 9.88 Å². The van der Waals surface area contributed by atoms with E-state index in [4.69, 9.17) is 4.74 Å². The van der Waals surface area contributed by atoms with Crippen LogP contribution >= 0.6 is 0 Å². The van der Waals surface area contributed by atoms with Crippen molar-refractivity contribution in [3.05, 3.63) is 23.5 Å². The van der Waals surface area contributed by atoms with Gasteiger partial charge in [0, 0.05) is 25.5 Å². The topological polar surface area (TPSA) is 54.5 Å². The number of morpholine rings is 1. The summed E-state index contributed by atoms with van der Waals surface area (Å²) in [5, 5.41) is 3.06. The van der Waals surface area contributed by atoms with Crippen LogP contribution in [0.25, 0.3) is 0 Å². The van der Waals surface area contributed by atoms with Crippen LogP contribution in [-0.2, 0) is 4.74 Å². The molecule has 1 fully saturated rings. The fourth-order valence-electron chi connectivity index (χ4n) is 2.28. The lowest BCUT2D eigenvalue weighted by atomic mass is 10.1. The van der Waals surface area contributed by atoms with E-state index in [1.165, 1.54) is 0 Å². The third-order valence-corrected chi connectivity index (χ3v) is 3.41. The predicted molar refractivity (Wildman–Crippen MR) is 74.4 cm³/mol. The van der Waals surface area contributed by atoms with Gasteiger partial charge in [-0.1, -0.05) is 0 Å². The second-order valence-corrected chi connectivity index (χ2v) is 5.07. The first-order valence-electron chi connectivity index (χ1n) is 6.60. The highest BCUT2D eigenvalue weighted by Crippen LogP contribution is 2.21. The molecule has 104 valence electrons. The first kappa shape index (κ1) is 13.8. The molecule has 1 aliphatic rings. The summed E-state index contributed by atoms with van der Waals surface area (Å²) in [6, 6.07) is 1.98. The van der Waals surface area contributed by atoms with Crippen molar-refractivity contribution in [3.8, 4) is 0 Å². The van der Waals surface area contributed by atoms with Gasteiger partial charge in [0.1, 0.15) is 0 Å². The lowest BCUT2D eigenvalue weighted by Crippen LogP contribution is -2.50. The molecule has 0 radical (unpaired) electrons. The maximum atomic E-state index is 12.6. The summed E-state index contributed by atoms with van der Waals surface area (Å²) in [7, 11) is 1.82. The molecule has 0 saturated carbocycles. The van der Waals surface area contributed by atoms with Crippen molar-refractivity contribution >= 4 is 11.6 Å². The number of rotatable bonds is 2. The number of nitrogens with zero attached hydrogens (tertiary/aromatic N) is 2. The van der Waals surface area contributed by atoms with Gasteiger partial charge in [0.05, 0.1) is 30.0 Å². The molecule has 1 N–H and O–H groups in total. The van der Waals surface area contributed by atoms with Crippen LogP contribution in [0, 0.1) is 6.92 Å². The van der Waals surface area contributed by atoms with E-state index < -0.39 is 0 Å². The van der Waals surface area contributed by atoms with Crippen LogP contribution in [-0.4, -0.2) is 48.1 Å². The number of amides is 1. The van der Waals surface area contributed by atoms with Gasteiger partial charge in [-0.05, 0) is 26.8 Å². The molecule has 2 unspecified atom stereocenters. The molecule has 0 bridgehead atoms. The molecule has 5 nitrogen and oxygen atoms in total. The van der Waals surface area contributed by atoms with E-state index in [9.17, 15) is 4.79 Å². The molecule has 19 heavy (non-hydrogen) atoms. The van der Waals surface area contributed by atoms with Crippen molar-refractivity contribution in [2.45, 2.75) is 32.9 Å². The summed E-state index contributed by atoms with van der Waals surface area (Å²) < 4.78 is 5.56. The average Bonchev–Trinajstić information content (AvgIpc) is 2.40. The minimum absolute atomic E-state index is 0.0134. The van der Waals surface area contributed by atoms with Gasteiger partial charge in [-0.15, -0.1) is 0 Å². The Kier molecular flexibility index (Phi) is 4.04. The lowest BCUT2D eigenvalue weighted by Gasteiger charge is -2.37. The van der Waals surface area contributed by atoms with Crippen molar-refractivity contribution < 1.29 is 9.53 Å². The highest BCUT2D eigenvalue weighted by molar-refractivity contribution is 5.99. The van der Waals surface area contributed by atoms with Crippen LogP contribution in [0.2, 0.25) is 0 Å². The van der Waals surface area contributed by atoms with E-state index in [2.05, 4.69) is 10.3 Å². The Balaban J connectivity index is 2.28. The van der Waals surface area contributed by atoms with Crippen molar-refractivity contribution in [2.75, 3.05) is 25.5 Å². The summed E-state index contributed by atoms with van der Waals surface area (Å²) in [6.45, 7) is 7.11. The number of carbonyl (C=O) groups excluding carboxylic acids is 1. The maximum Gasteiger partial charge on any atom is 0.257 e. The monoisotopic (exact) mass is 263 g/mol. The molecule has 0 aromatic carbocycles.